The molecule has 21 heavy (non-hydrogen) atoms. The maximum Gasteiger partial charge on any atom is 0.223 e. The molecule has 0 saturated heterocycles. The number of benzene rings is 1. The van der Waals surface area contributed by atoms with Crippen LogP contribution in [0.4, 0.5) is 0 Å². The third-order valence-electron chi connectivity index (χ3n) is 3.53. The number of ether oxygens (including phenoxy) is 2. The van der Waals surface area contributed by atoms with Gasteiger partial charge < -0.3 is 14.3 Å². The highest BCUT2D eigenvalue weighted by Gasteiger charge is 2.24. The monoisotopic (exact) mass is 310 g/mol. The van der Waals surface area contributed by atoms with Crippen molar-refractivity contribution >= 4 is 22.7 Å². The Morgan fingerprint density at radius 2 is 1.62 bits per heavy atom. The van der Waals surface area contributed by atoms with Crippen molar-refractivity contribution in [3.05, 3.63) is 22.3 Å². The number of carbonyl (C=O) groups is 2. The zero-order valence-corrected chi connectivity index (χ0v) is 14.3. The molecule has 116 valence electrons. The molecule has 1 aromatic carbocycles. The Balaban J connectivity index is 3.58. The average Bonchev–Trinajstić information content (AvgIpc) is 2.45. The topological polar surface area (TPSA) is 52.6 Å². The second kappa shape index (κ2) is 7.50. The van der Waals surface area contributed by atoms with Crippen LogP contribution in [0.15, 0.2) is 0 Å². The van der Waals surface area contributed by atoms with Gasteiger partial charge in [0, 0.05) is 12.0 Å². The Morgan fingerprint density at radius 1 is 1.05 bits per heavy atom. The van der Waals surface area contributed by atoms with E-state index in [1.165, 1.54) is 0 Å². The maximum atomic E-state index is 12.2. The Kier molecular flexibility index (Phi) is 6.27. The molecule has 0 aromatic heterocycles. The van der Waals surface area contributed by atoms with Crippen LogP contribution in [-0.4, -0.2) is 31.4 Å². The third-order valence-corrected chi connectivity index (χ3v) is 4.11. The molecular formula is C16H22O4S. The number of hydrogen-bond donors (Lipinski definition) is 0. The van der Waals surface area contributed by atoms with Gasteiger partial charge in [0.2, 0.25) is 5.12 Å². The van der Waals surface area contributed by atoms with E-state index < -0.39 is 0 Å². The fourth-order valence-corrected chi connectivity index (χ4v) is 2.94. The standard InChI is InChI=1S/C16H22O4S/c1-9(17)7-8-12-10(2)13(16(18)21-6)15(20-5)11(3)14(12)19-4/h7-8H2,1-6H3. The number of hydrogen-bond acceptors (Lipinski definition) is 5. The molecule has 0 atom stereocenters. The molecule has 0 spiro atoms. The van der Waals surface area contributed by atoms with Crippen LogP contribution in [0.1, 0.15) is 40.4 Å². The Morgan fingerprint density at radius 3 is 2.05 bits per heavy atom. The van der Waals surface area contributed by atoms with Gasteiger partial charge in [-0.25, -0.2) is 0 Å². The third kappa shape index (κ3) is 3.59. The first kappa shape index (κ1) is 17.6. The zero-order chi connectivity index (χ0) is 16.2. The molecule has 4 nitrogen and oxygen atoms in total. The summed E-state index contributed by atoms with van der Waals surface area (Å²) in [5, 5.41) is -0.0424. The molecule has 0 heterocycles. The van der Waals surface area contributed by atoms with Crippen molar-refractivity contribution in [3.63, 3.8) is 0 Å². The molecular weight excluding hydrogens is 288 g/mol. The number of carbonyl (C=O) groups excluding carboxylic acids is 2. The van der Waals surface area contributed by atoms with Gasteiger partial charge in [-0.15, -0.1) is 0 Å². The summed E-state index contributed by atoms with van der Waals surface area (Å²) in [5.41, 5.74) is 3.10. The van der Waals surface area contributed by atoms with Crippen LogP contribution >= 0.6 is 11.8 Å². The fourth-order valence-electron chi connectivity index (χ4n) is 2.49. The van der Waals surface area contributed by atoms with E-state index in [2.05, 4.69) is 0 Å². The molecule has 1 aromatic rings. The van der Waals surface area contributed by atoms with E-state index in [0.717, 1.165) is 28.5 Å². The Hall–Kier alpha value is -1.49. The number of methoxy groups -OCH3 is 2. The first-order chi connectivity index (χ1) is 9.88. The summed E-state index contributed by atoms with van der Waals surface area (Å²) in [7, 11) is 3.14. The van der Waals surface area contributed by atoms with Crippen LogP contribution in [-0.2, 0) is 11.2 Å². The van der Waals surface area contributed by atoms with Gasteiger partial charge in [0.1, 0.15) is 17.3 Å². The van der Waals surface area contributed by atoms with Crippen LogP contribution in [0.3, 0.4) is 0 Å². The van der Waals surface area contributed by atoms with Crippen LogP contribution in [0, 0.1) is 13.8 Å². The van der Waals surface area contributed by atoms with Gasteiger partial charge in [0.05, 0.1) is 19.8 Å². The Bertz CT molecular complexity index is 564. The van der Waals surface area contributed by atoms with Crippen LogP contribution < -0.4 is 9.47 Å². The van der Waals surface area contributed by atoms with E-state index in [0.29, 0.717) is 29.9 Å². The fraction of sp³-hybridized carbons (Fsp3) is 0.500. The maximum absolute atomic E-state index is 12.2. The van der Waals surface area contributed by atoms with Crippen molar-refractivity contribution in [3.8, 4) is 11.5 Å². The molecule has 1 rings (SSSR count). The van der Waals surface area contributed by atoms with E-state index in [1.54, 1.807) is 27.4 Å². The summed E-state index contributed by atoms with van der Waals surface area (Å²) >= 11 is 1.15. The number of thioether (sulfide) groups is 1. The van der Waals surface area contributed by atoms with Crippen molar-refractivity contribution in [1.82, 2.24) is 0 Å². The van der Waals surface area contributed by atoms with Gasteiger partial charge in [-0.1, -0.05) is 11.8 Å². The molecule has 0 aliphatic rings. The van der Waals surface area contributed by atoms with Crippen molar-refractivity contribution < 1.29 is 19.1 Å². The second-order valence-corrected chi connectivity index (χ2v) is 5.64. The smallest absolute Gasteiger partial charge is 0.223 e. The summed E-state index contributed by atoms with van der Waals surface area (Å²) in [6.45, 7) is 5.31. The molecule has 5 heteroatoms. The molecule has 0 bridgehead atoms. The molecule has 0 saturated carbocycles. The quantitative estimate of drug-likeness (QED) is 0.806. The lowest BCUT2D eigenvalue weighted by Crippen LogP contribution is -2.09. The van der Waals surface area contributed by atoms with Gasteiger partial charge in [-0.05, 0) is 44.6 Å². The van der Waals surface area contributed by atoms with Crippen molar-refractivity contribution in [2.45, 2.75) is 33.6 Å². The summed E-state index contributed by atoms with van der Waals surface area (Å²) in [4.78, 5) is 23.5. The van der Waals surface area contributed by atoms with Gasteiger partial charge in [0.25, 0.3) is 0 Å². The lowest BCUT2D eigenvalue weighted by atomic mass is 9.93. The largest absolute Gasteiger partial charge is 0.496 e. The molecule has 0 fully saturated rings. The molecule has 0 N–H and O–H groups in total. The first-order valence-electron chi connectivity index (χ1n) is 6.70. The highest BCUT2D eigenvalue weighted by molar-refractivity contribution is 8.13. The highest BCUT2D eigenvalue weighted by Crippen LogP contribution is 2.40. The van der Waals surface area contributed by atoms with E-state index in [-0.39, 0.29) is 10.9 Å². The minimum atomic E-state index is -0.0424. The van der Waals surface area contributed by atoms with E-state index in [1.807, 2.05) is 13.8 Å². The molecule has 0 radical (unpaired) electrons. The van der Waals surface area contributed by atoms with Crippen LogP contribution in [0.25, 0.3) is 0 Å². The number of ketones is 1. The van der Waals surface area contributed by atoms with E-state index in [9.17, 15) is 9.59 Å². The highest BCUT2D eigenvalue weighted by atomic mass is 32.2. The van der Waals surface area contributed by atoms with E-state index in [4.69, 9.17) is 9.47 Å². The first-order valence-corrected chi connectivity index (χ1v) is 7.93. The van der Waals surface area contributed by atoms with E-state index >= 15 is 0 Å². The van der Waals surface area contributed by atoms with Gasteiger partial charge in [-0.3, -0.25) is 4.79 Å². The van der Waals surface area contributed by atoms with Crippen molar-refractivity contribution in [1.29, 1.82) is 0 Å². The minimum Gasteiger partial charge on any atom is -0.496 e. The summed E-state index contributed by atoms with van der Waals surface area (Å²) in [5.74, 6) is 1.36. The summed E-state index contributed by atoms with van der Waals surface area (Å²) < 4.78 is 10.9. The molecule has 0 unspecified atom stereocenters. The predicted octanol–water partition coefficient (Wildman–Crippen LogP) is 3.35. The number of rotatable bonds is 6. The zero-order valence-electron chi connectivity index (χ0n) is 13.5. The SMILES string of the molecule is COc1c(C)c(OC)c(C(=O)SC)c(C)c1CCC(C)=O. The predicted molar refractivity (Wildman–Crippen MR) is 85.9 cm³/mol. The van der Waals surface area contributed by atoms with Crippen LogP contribution in [0.5, 0.6) is 11.5 Å². The average molecular weight is 310 g/mol. The lowest BCUT2D eigenvalue weighted by Gasteiger charge is -2.21. The molecule has 0 amide bonds. The molecule has 0 aliphatic carbocycles. The van der Waals surface area contributed by atoms with Crippen molar-refractivity contribution in [2.24, 2.45) is 0 Å². The van der Waals surface area contributed by atoms with Crippen molar-refractivity contribution in [2.75, 3.05) is 20.5 Å². The minimum absolute atomic E-state index is 0.0424. The molecule has 0 aliphatic heterocycles. The van der Waals surface area contributed by atoms with Gasteiger partial charge >= 0.3 is 0 Å². The normalized spacial score (nSPS) is 10.4. The van der Waals surface area contributed by atoms with Gasteiger partial charge in [-0.2, -0.15) is 0 Å². The second-order valence-electron chi connectivity index (χ2n) is 4.86. The van der Waals surface area contributed by atoms with Gasteiger partial charge in [0.15, 0.2) is 0 Å². The Labute approximate surface area is 130 Å². The summed E-state index contributed by atoms with van der Waals surface area (Å²) in [6.07, 6.45) is 2.73. The van der Waals surface area contributed by atoms with Crippen LogP contribution in [0.2, 0.25) is 0 Å². The summed E-state index contributed by atoms with van der Waals surface area (Å²) in [6, 6.07) is 0. The number of Topliss-reactive ketones (excluding diaryl/α,β-unsaturated/α-hetero) is 1. The lowest BCUT2D eigenvalue weighted by molar-refractivity contribution is -0.116.